The predicted octanol–water partition coefficient (Wildman–Crippen LogP) is 4.51. The molecule has 0 spiro atoms. The van der Waals surface area contributed by atoms with Gasteiger partial charge in [-0.15, -0.1) is 21.5 Å². The highest BCUT2D eigenvalue weighted by Gasteiger charge is 2.30. The molecule has 146 valence electrons. The van der Waals surface area contributed by atoms with E-state index in [1.807, 2.05) is 29.2 Å². The second-order valence-corrected chi connectivity index (χ2v) is 8.06. The fraction of sp³-hybridized carbons (Fsp3) is 0.238. The summed E-state index contributed by atoms with van der Waals surface area (Å²) in [6.45, 7) is 1.20. The molecule has 1 unspecified atom stereocenters. The number of likely N-dealkylation sites (tertiary alicyclic amines) is 1. The van der Waals surface area contributed by atoms with E-state index in [0.29, 0.717) is 35.4 Å². The van der Waals surface area contributed by atoms with Gasteiger partial charge in [-0.1, -0.05) is 12.1 Å². The number of aromatic nitrogens is 3. The molecule has 1 amide bonds. The first-order chi connectivity index (χ1) is 14.2. The van der Waals surface area contributed by atoms with Crippen molar-refractivity contribution in [2.24, 2.45) is 0 Å². The summed E-state index contributed by atoms with van der Waals surface area (Å²) in [5.74, 6) is 0.462. The van der Waals surface area contributed by atoms with Gasteiger partial charge in [0.1, 0.15) is 5.82 Å². The van der Waals surface area contributed by atoms with Crippen LogP contribution in [0.5, 0.6) is 0 Å². The van der Waals surface area contributed by atoms with Gasteiger partial charge in [0.2, 0.25) is 11.8 Å². The van der Waals surface area contributed by atoms with Crippen LogP contribution in [0.2, 0.25) is 0 Å². The van der Waals surface area contributed by atoms with Crippen LogP contribution >= 0.6 is 11.3 Å². The Balaban J connectivity index is 1.34. The topological polar surface area (TPSA) is 72.1 Å². The molecule has 1 fully saturated rings. The van der Waals surface area contributed by atoms with Crippen molar-refractivity contribution >= 4 is 27.5 Å². The zero-order valence-electron chi connectivity index (χ0n) is 15.4. The van der Waals surface area contributed by atoms with Crippen molar-refractivity contribution in [3.05, 3.63) is 65.2 Å². The predicted molar refractivity (Wildman–Crippen MR) is 107 cm³/mol. The normalized spacial score (nSPS) is 17.0. The molecular weight excluding hydrogens is 391 g/mol. The maximum atomic E-state index is 13.1. The lowest BCUT2D eigenvalue weighted by Gasteiger charge is -2.30. The molecule has 0 saturated carbocycles. The van der Waals surface area contributed by atoms with Crippen molar-refractivity contribution in [3.8, 4) is 11.5 Å². The van der Waals surface area contributed by atoms with Gasteiger partial charge >= 0.3 is 0 Å². The molecule has 5 rings (SSSR count). The summed E-state index contributed by atoms with van der Waals surface area (Å²) < 4.78 is 20.0. The number of rotatable bonds is 3. The monoisotopic (exact) mass is 408 g/mol. The van der Waals surface area contributed by atoms with Gasteiger partial charge in [0.15, 0.2) is 5.01 Å². The van der Waals surface area contributed by atoms with Crippen LogP contribution in [0.15, 0.2) is 52.9 Å². The average molecular weight is 408 g/mol. The molecule has 1 saturated heterocycles. The lowest BCUT2D eigenvalue weighted by atomic mass is 9.98. The van der Waals surface area contributed by atoms with E-state index in [1.54, 1.807) is 12.1 Å². The zero-order chi connectivity index (χ0) is 19.8. The molecule has 0 N–H and O–H groups in total. The van der Waals surface area contributed by atoms with Gasteiger partial charge in [0.25, 0.3) is 5.91 Å². The van der Waals surface area contributed by atoms with E-state index >= 15 is 0 Å². The molecule has 3 heterocycles. The number of para-hydroxylation sites is 1. The second kappa shape index (κ2) is 7.36. The molecule has 2 aromatic heterocycles. The number of carbonyl (C=O) groups is 1. The van der Waals surface area contributed by atoms with E-state index < -0.39 is 0 Å². The van der Waals surface area contributed by atoms with Crippen molar-refractivity contribution in [1.29, 1.82) is 0 Å². The summed E-state index contributed by atoms with van der Waals surface area (Å²) in [5.41, 5.74) is 1.51. The molecule has 0 aliphatic carbocycles. The van der Waals surface area contributed by atoms with Crippen LogP contribution in [-0.2, 0) is 0 Å². The Morgan fingerprint density at radius 3 is 2.79 bits per heavy atom. The second-order valence-electron chi connectivity index (χ2n) is 7.03. The van der Waals surface area contributed by atoms with Crippen molar-refractivity contribution in [2.75, 3.05) is 13.1 Å². The maximum absolute atomic E-state index is 13.1. The molecule has 2 aromatic carbocycles. The van der Waals surface area contributed by atoms with Gasteiger partial charge < -0.3 is 9.32 Å². The minimum atomic E-state index is -0.315. The molecule has 1 aliphatic rings. The number of fused-ring (bicyclic) bond motifs is 1. The Kier molecular flexibility index (Phi) is 4.55. The minimum Gasteiger partial charge on any atom is -0.420 e. The standard InChI is InChI=1S/C21H17FN4O2S/c22-15-9-7-13(8-10-15)18-24-25-19(28-18)14-4-3-11-26(12-14)21(27)20-23-16-5-1-2-6-17(16)29-20/h1-2,5-10,14H,3-4,11-12H2. The fourth-order valence-electron chi connectivity index (χ4n) is 3.57. The number of thiazole rings is 1. The van der Waals surface area contributed by atoms with E-state index in [4.69, 9.17) is 4.42 Å². The SMILES string of the molecule is O=C(c1nc2ccccc2s1)N1CCCC(c2nnc(-c3ccc(F)cc3)o2)C1. The van der Waals surface area contributed by atoms with E-state index in [0.717, 1.165) is 23.1 Å². The molecule has 29 heavy (non-hydrogen) atoms. The zero-order valence-corrected chi connectivity index (χ0v) is 16.2. The molecule has 8 heteroatoms. The van der Waals surface area contributed by atoms with Gasteiger partial charge in [-0.25, -0.2) is 9.37 Å². The first kappa shape index (κ1) is 17.9. The third-order valence-electron chi connectivity index (χ3n) is 5.07. The van der Waals surface area contributed by atoms with Gasteiger partial charge in [0.05, 0.1) is 16.1 Å². The highest BCUT2D eigenvalue weighted by atomic mass is 32.1. The van der Waals surface area contributed by atoms with Crippen LogP contribution in [0.1, 0.15) is 34.5 Å². The minimum absolute atomic E-state index is 0.0243. The summed E-state index contributed by atoms with van der Waals surface area (Å²) in [4.78, 5) is 19.3. The number of carbonyl (C=O) groups excluding carboxylic acids is 1. The van der Waals surface area contributed by atoms with Gasteiger partial charge in [-0.2, -0.15) is 0 Å². The molecular formula is C21H17FN4O2S. The third kappa shape index (κ3) is 3.51. The smallest absolute Gasteiger partial charge is 0.282 e. The number of nitrogens with zero attached hydrogens (tertiary/aromatic N) is 4. The molecule has 6 nitrogen and oxygen atoms in total. The van der Waals surface area contributed by atoms with Gasteiger partial charge in [0, 0.05) is 18.7 Å². The van der Waals surface area contributed by atoms with Crippen LogP contribution in [0.25, 0.3) is 21.7 Å². The van der Waals surface area contributed by atoms with Crippen LogP contribution in [0.3, 0.4) is 0 Å². The summed E-state index contributed by atoms with van der Waals surface area (Å²) in [7, 11) is 0. The van der Waals surface area contributed by atoms with Crippen LogP contribution in [-0.4, -0.2) is 39.1 Å². The Bertz CT molecular complexity index is 1140. The Labute approximate surface area is 170 Å². The van der Waals surface area contributed by atoms with Crippen LogP contribution in [0, 0.1) is 5.82 Å². The van der Waals surface area contributed by atoms with Crippen molar-refractivity contribution in [1.82, 2.24) is 20.1 Å². The van der Waals surface area contributed by atoms with Crippen LogP contribution < -0.4 is 0 Å². The number of halogens is 1. The highest BCUT2D eigenvalue weighted by molar-refractivity contribution is 7.20. The molecule has 4 aromatic rings. The lowest BCUT2D eigenvalue weighted by Crippen LogP contribution is -2.39. The summed E-state index contributed by atoms with van der Waals surface area (Å²) >= 11 is 1.41. The van der Waals surface area contributed by atoms with Crippen molar-refractivity contribution in [3.63, 3.8) is 0 Å². The lowest BCUT2D eigenvalue weighted by molar-refractivity contribution is 0.0698. The number of amides is 1. The van der Waals surface area contributed by atoms with Gasteiger partial charge in [-0.05, 0) is 49.2 Å². The Morgan fingerprint density at radius 2 is 1.97 bits per heavy atom. The number of hydrogen-bond donors (Lipinski definition) is 0. The maximum Gasteiger partial charge on any atom is 0.282 e. The number of piperidine rings is 1. The van der Waals surface area contributed by atoms with E-state index in [-0.39, 0.29) is 17.6 Å². The fourth-order valence-corrected chi connectivity index (χ4v) is 4.50. The average Bonchev–Trinajstić information content (AvgIpc) is 3.41. The Morgan fingerprint density at radius 1 is 1.14 bits per heavy atom. The van der Waals surface area contributed by atoms with Crippen molar-refractivity contribution < 1.29 is 13.6 Å². The Hall–Kier alpha value is -3.13. The number of hydrogen-bond acceptors (Lipinski definition) is 6. The van der Waals surface area contributed by atoms with E-state index in [1.165, 1.54) is 23.5 Å². The van der Waals surface area contributed by atoms with Gasteiger partial charge in [-0.3, -0.25) is 4.79 Å². The highest BCUT2D eigenvalue weighted by Crippen LogP contribution is 2.30. The molecule has 0 bridgehead atoms. The molecule has 1 aliphatic heterocycles. The first-order valence-corrected chi connectivity index (χ1v) is 10.2. The van der Waals surface area contributed by atoms with Crippen molar-refractivity contribution in [2.45, 2.75) is 18.8 Å². The van der Waals surface area contributed by atoms with E-state index in [2.05, 4.69) is 15.2 Å². The summed E-state index contributed by atoms with van der Waals surface area (Å²) in [6, 6.07) is 13.7. The summed E-state index contributed by atoms with van der Waals surface area (Å²) in [6.07, 6.45) is 1.73. The largest absolute Gasteiger partial charge is 0.420 e. The number of benzene rings is 2. The third-order valence-corrected chi connectivity index (χ3v) is 6.09. The first-order valence-electron chi connectivity index (χ1n) is 9.41. The quantitative estimate of drug-likeness (QED) is 0.499. The molecule has 1 atom stereocenters. The molecule has 0 radical (unpaired) electrons. The van der Waals surface area contributed by atoms with Crippen LogP contribution in [0.4, 0.5) is 4.39 Å². The summed E-state index contributed by atoms with van der Waals surface area (Å²) in [5, 5.41) is 8.78. The van der Waals surface area contributed by atoms with E-state index in [9.17, 15) is 9.18 Å².